The van der Waals surface area contributed by atoms with Crippen molar-refractivity contribution in [1.82, 2.24) is 5.12 Å². The lowest BCUT2D eigenvalue weighted by Crippen LogP contribution is -2.30. The first kappa shape index (κ1) is 40.6. The predicted molar refractivity (Wildman–Crippen MR) is 141 cm³/mol. The number of carbonyl (C=O) groups is 2. The van der Waals surface area contributed by atoms with Crippen LogP contribution in [-0.4, -0.2) is 29.7 Å². The molecule has 2 atom stereocenters. The van der Waals surface area contributed by atoms with Crippen molar-refractivity contribution in [3.63, 3.8) is 0 Å². The van der Waals surface area contributed by atoms with Crippen LogP contribution in [0.4, 0.5) is 4.48 Å². The van der Waals surface area contributed by atoms with Crippen molar-refractivity contribution in [2.75, 3.05) is 6.54 Å². The minimum absolute atomic E-state index is 0.0506. The fourth-order valence-electron chi connectivity index (χ4n) is 1.96. The SMILES string of the molecule is C=C(CC)[C@H](C)CC(C)C.CC(C)=O.CC(C=O)CCCN(F)C(=N)N.CCC.CCC. The van der Waals surface area contributed by atoms with Crippen LogP contribution in [0.1, 0.15) is 115 Å². The van der Waals surface area contributed by atoms with Crippen LogP contribution in [0.2, 0.25) is 0 Å². The molecule has 0 aromatic carbocycles. The second-order valence-electron chi connectivity index (χ2n) is 8.59. The zero-order valence-electron chi connectivity index (χ0n) is 23.2. The maximum absolute atomic E-state index is 12.5. The highest BCUT2D eigenvalue weighted by Gasteiger charge is 2.06. The molecule has 0 amide bonds. The number of guanidine groups is 1. The van der Waals surface area contributed by atoms with Gasteiger partial charge in [0.25, 0.3) is 0 Å². The van der Waals surface area contributed by atoms with Gasteiger partial charge >= 0.3 is 0 Å². The first-order valence-electron chi connectivity index (χ1n) is 12.1. The monoisotopic (exact) mass is 461 g/mol. The van der Waals surface area contributed by atoms with Crippen molar-refractivity contribution < 1.29 is 14.1 Å². The molecule has 0 rings (SSSR count). The Morgan fingerprint density at radius 1 is 1.06 bits per heavy atom. The van der Waals surface area contributed by atoms with Gasteiger partial charge in [0, 0.05) is 5.92 Å². The van der Waals surface area contributed by atoms with E-state index in [0.29, 0.717) is 18.8 Å². The largest absolute Gasteiger partial charge is 0.368 e. The molecule has 32 heavy (non-hydrogen) atoms. The lowest BCUT2D eigenvalue weighted by molar-refractivity contribution is -0.115. The summed E-state index contributed by atoms with van der Waals surface area (Å²) in [4.78, 5) is 19.6. The van der Waals surface area contributed by atoms with Crippen LogP contribution in [0, 0.1) is 23.2 Å². The van der Waals surface area contributed by atoms with Gasteiger partial charge in [0.2, 0.25) is 5.96 Å². The number of nitrogens with two attached hydrogens (primary N) is 1. The number of nitrogens with zero attached hydrogens (tertiary/aromatic N) is 1. The molecule has 1 unspecified atom stereocenters. The maximum Gasteiger partial charge on any atom is 0.217 e. The first-order chi connectivity index (χ1) is 14.7. The van der Waals surface area contributed by atoms with Gasteiger partial charge in [-0.05, 0) is 51.4 Å². The van der Waals surface area contributed by atoms with E-state index < -0.39 is 5.96 Å². The maximum atomic E-state index is 12.5. The summed E-state index contributed by atoms with van der Waals surface area (Å²) < 4.78 is 12.5. The standard InChI is InChI=1S/C10H20.C7H14FN3O.C3H6O.2C3H8/c1-6-9(4)10(5)7-8(2)3;1-6(5-12)3-2-4-11(8)7(9)10;1-3(2)4;2*1-3-2/h8,10H,4,6-7H2,1-3,5H3;5-6H,2-4H2,1H3,(H3,9,10);1-2H3;2*3H2,1-2H3/t10-;;;;/m1..../s1. The van der Waals surface area contributed by atoms with Crippen LogP contribution in [0.5, 0.6) is 0 Å². The normalized spacial score (nSPS) is 10.8. The predicted octanol–water partition coefficient (Wildman–Crippen LogP) is 7.74. The molecule has 0 aliphatic heterocycles. The highest BCUT2D eigenvalue weighted by Crippen LogP contribution is 2.19. The Bertz CT molecular complexity index is 435. The highest BCUT2D eigenvalue weighted by atomic mass is 19.2. The molecule has 6 heteroatoms. The van der Waals surface area contributed by atoms with Crippen molar-refractivity contribution in [3.8, 4) is 0 Å². The number of carbonyl (C=O) groups excluding carboxylic acids is 2. The molecule has 0 fully saturated rings. The first-order valence-corrected chi connectivity index (χ1v) is 12.1. The van der Waals surface area contributed by atoms with Gasteiger partial charge in [0.1, 0.15) is 12.1 Å². The van der Waals surface area contributed by atoms with E-state index in [4.69, 9.17) is 11.1 Å². The Hall–Kier alpha value is -1.72. The lowest BCUT2D eigenvalue weighted by atomic mass is 9.91. The summed E-state index contributed by atoms with van der Waals surface area (Å²) in [5.41, 5.74) is 6.25. The average Bonchev–Trinajstić information content (AvgIpc) is 2.67. The summed E-state index contributed by atoms with van der Waals surface area (Å²) >= 11 is 0. The molecule has 0 spiro atoms. The van der Waals surface area contributed by atoms with Crippen LogP contribution in [0.25, 0.3) is 0 Å². The zero-order chi connectivity index (χ0) is 26.7. The molecule has 0 saturated carbocycles. The molecular formula is C26H56FN3O2. The van der Waals surface area contributed by atoms with Gasteiger partial charge in [-0.2, -0.15) is 5.12 Å². The molecule has 3 N–H and O–H groups in total. The van der Waals surface area contributed by atoms with E-state index >= 15 is 0 Å². The van der Waals surface area contributed by atoms with Gasteiger partial charge in [0.05, 0.1) is 6.54 Å². The topological polar surface area (TPSA) is 87.2 Å². The molecule has 0 radical (unpaired) electrons. The summed E-state index contributed by atoms with van der Waals surface area (Å²) in [6.07, 6.45) is 6.89. The van der Waals surface area contributed by atoms with E-state index in [2.05, 4.69) is 62.0 Å². The Labute approximate surface area is 199 Å². The van der Waals surface area contributed by atoms with Crippen LogP contribution >= 0.6 is 0 Å². The third-order valence-electron chi connectivity index (χ3n) is 3.48. The molecule has 0 aromatic rings. The highest BCUT2D eigenvalue weighted by molar-refractivity contribution is 5.73. The zero-order valence-corrected chi connectivity index (χ0v) is 23.2. The smallest absolute Gasteiger partial charge is 0.217 e. The van der Waals surface area contributed by atoms with E-state index in [1.165, 1.54) is 38.7 Å². The third-order valence-corrected chi connectivity index (χ3v) is 3.48. The van der Waals surface area contributed by atoms with Crippen LogP contribution in [0.15, 0.2) is 12.2 Å². The number of rotatable bonds is 9. The van der Waals surface area contributed by atoms with Crippen molar-refractivity contribution in [2.24, 2.45) is 23.5 Å². The third kappa shape index (κ3) is 51.2. The fraction of sp³-hybridized carbons (Fsp3) is 0.808. The van der Waals surface area contributed by atoms with Crippen molar-refractivity contribution in [3.05, 3.63) is 12.2 Å². The number of hydrogen-bond acceptors (Lipinski definition) is 3. The van der Waals surface area contributed by atoms with E-state index in [1.54, 1.807) is 6.92 Å². The Kier molecular flexibility index (Phi) is 39.9. The number of Topliss-reactive ketones (excluding diaryl/α,β-unsaturated/α-hetero) is 1. The van der Waals surface area contributed by atoms with Gasteiger partial charge in [-0.25, -0.2) is 0 Å². The summed E-state index contributed by atoms with van der Waals surface area (Å²) in [6.45, 7) is 26.4. The summed E-state index contributed by atoms with van der Waals surface area (Å²) in [5.74, 6) is 1.04. The Morgan fingerprint density at radius 2 is 1.44 bits per heavy atom. The van der Waals surface area contributed by atoms with Crippen LogP contribution in [-0.2, 0) is 9.59 Å². The molecule has 0 heterocycles. The summed E-state index contributed by atoms with van der Waals surface area (Å²) in [5, 5.41) is 6.85. The molecule has 0 aliphatic rings. The quantitative estimate of drug-likeness (QED) is 0.121. The second-order valence-corrected chi connectivity index (χ2v) is 8.59. The van der Waals surface area contributed by atoms with E-state index in [1.807, 2.05) is 0 Å². The number of nitrogens with one attached hydrogen (secondary N) is 1. The fourth-order valence-corrected chi connectivity index (χ4v) is 1.96. The second kappa shape index (κ2) is 31.5. The minimum atomic E-state index is -0.589. The van der Waals surface area contributed by atoms with E-state index in [9.17, 15) is 14.1 Å². The average molecular weight is 462 g/mol. The van der Waals surface area contributed by atoms with Crippen molar-refractivity contribution in [1.29, 1.82) is 5.41 Å². The molecular weight excluding hydrogens is 405 g/mol. The van der Waals surface area contributed by atoms with Gasteiger partial charge < -0.3 is 15.3 Å². The van der Waals surface area contributed by atoms with Crippen LogP contribution < -0.4 is 5.73 Å². The molecule has 5 nitrogen and oxygen atoms in total. The molecule has 0 aromatic heterocycles. The number of halogens is 1. The lowest BCUT2D eigenvalue weighted by Gasteiger charge is -2.14. The number of aldehydes is 1. The molecule has 0 aliphatic carbocycles. The van der Waals surface area contributed by atoms with Crippen LogP contribution in [0.3, 0.4) is 0 Å². The Balaban J connectivity index is -0.000000108. The summed E-state index contributed by atoms with van der Waals surface area (Å²) in [6, 6.07) is 0. The van der Waals surface area contributed by atoms with Crippen molar-refractivity contribution in [2.45, 2.75) is 115 Å². The molecule has 0 bridgehead atoms. The van der Waals surface area contributed by atoms with E-state index in [0.717, 1.165) is 18.6 Å². The number of ketones is 1. The molecule has 194 valence electrons. The summed E-state index contributed by atoms with van der Waals surface area (Å²) in [7, 11) is 0. The van der Waals surface area contributed by atoms with Gasteiger partial charge in [-0.15, -0.1) is 0 Å². The van der Waals surface area contributed by atoms with E-state index in [-0.39, 0.29) is 23.4 Å². The van der Waals surface area contributed by atoms with Crippen molar-refractivity contribution >= 4 is 18.0 Å². The number of allylic oxidation sites excluding steroid dienone is 1. The van der Waals surface area contributed by atoms with Gasteiger partial charge in [-0.3, -0.25) is 5.41 Å². The van der Waals surface area contributed by atoms with Gasteiger partial charge in [-0.1, -0.05) is 91.8 Å². The molecule has 0 saturated heterocycles. The minimum Gasteiger partial charge on any atom is -0.368 e. The van der Waals surface area contributed by atoms with Gasteiger partial charge in [0.15, 0.2) is 0 Å². The number of hydrogen-bond donors (Lipinski definition) is 2. The Morgan fingerprint density at radius 3 is 1.69 bits per heavy atom.